The molecule has 2 nitrogen and oxygen atoms in total. The van der Waals surface area contributed by atoms with E-state index < -0.39 is 0 Å². The second kappa shape index (κ2) is 9.03. The minimum atomic E-state index is 1.08. The van der Waals surface area contributed by atoms with Crippen LogP contribution >= 0.6 is 0 Å². The molecule has 0 spiro atoms. The summed E-state index contributed by atoms with van der Waals surface area (Å²) >= 11 is 0. The minimum absolute atomic E-state index is 1.08. The number of rotatable bonds is 9. The molecule has 0 unspecified atom stereocenters. The summed E-state index contributed by atoms with van der Waals surface area (Å²) in [6.07, 6.45) is 11.4. The standard InChI is InChI=1S/C15H26N2/c1-3-4-5-6-7-8-11-14-17(2)15-12-9-10-13-16-15/h9-10,12-13H,3-8,11,14H2,1-2H3. The Kier molecular flexibility index (Phi) is 7.44. The predicted octanol–water partition coefficient (Wildman–Crippen LogP) is 4.27. The normalized spacial score (nSPS) is 10.5. The van der Waals surface area contributed by atoms with Gasteiger partial charge in [-0.05, 0) is 18.6 Å². The van der Waals surface area contributed by atoms with Crippen molar-refractivity contribution in [3.63, 3.8) is 0 Å². The zero-order valence-electron chi connectivity index (χ0n) is 11.4. The Morgan fingerprint density at radius 3 is 2.35 bits per heavy atom. The smallest absolute Gasteiger partial charge is 0.128 e. The molecule has 0 N–H and O–H groups in total. The molecule has 1 aromatic heterocycles. The fraction of sp³-hybridized carbons (Fsp3) is 0.667. The van der Waals surface area contributed by atoms with Gasteiger partial charge in [-0.3, -0.25) is 0 Å². The van der Waals surface area contributed by atoms with Crippen molar-refractivity contribution in [3.8, 4) is 0 Å². The summed E-state index contributed by atoms with van der Waals surface area (Å²) in [6.45, 7) is 3.38. The Bertz CT molecular complexity index is 272. The van der Waals surface area contributed by atoms with E-state index in [-0.39, 0.29) is 0 Å². The highest BCUT2D eigenvalue weighted by molar-refractivity contribution is 5.35. The number of hydrogen-bond donors (Lipinski definition) is 0. The maximum Gasteiger partial charge on any atom is 0.128 e. The molecule has 0 aliphatic carbocycles. The summed E-state index contributed by atoms with van der Waals surface area (Å²) in [5, 5.41) is 0. The van der Waals surface area contributed by atoms with Crippen molar-refractivity contribution in [1.29, 1.82) is 0 Å². The fourth-order valence-electron chi connectivity index (χ4n) is 2.00. The van der Waals surface area contributed by atoms with Crippen LogP contribution in [0.2, 0.25) is 0 Å². The first-order chi connectivity index (χ1) is 8.34. The molecule has 0 bridgehead atoms. The summed E-state index contributed by atoms with van der Waals surface area (Å²) in [4.78, 5) is 6.59. The maximum atomic E-state index is 4.34. The highest BCUT2D eigenvalue weighted by Gasteiger charge is 2.00. The molecule has 0 aromatic carbocycles. The number of hydrogen-bond acceptors (Lipinski definition) is 2. The van der Waals surface area contributed by atoms with Crippen molar-refractivity contribution in [2.24, 2.45) is 0 Å². The van der Waals surface area contributed by atoms with Crippen LogP contribution in [0, 0.1) is 0 Å². The molecule has 96 valence electrons. The lowest BCUT2D eigenvalue weighted by Crippen LogP contribution is -2.19. The van der Waals surface area contributed by atoms with Crippen LogP contribution in [0.25, 0.3) is 0 Å². The summed E-state index contributed by atoms with van der Waals surface area (Å²) in [7, 11) is 2.12. The van der Waals surface area contributed by atoms with E-state index in [0.717, 1.165) is 12.4 Å². The Morgan fingerprint density at radius 2 is 1.71 bits per heavy atom. The molecule has 17 heavy (non-hydrogen) atoms. The average Bonchev–Trinajstić information content (AvgIpc) is 2.38. The van der Waals surface area contributed by atoms with E-state index in [1.807, 2.05) is 18.3 Å². The molecule has 1 heterocycles. The van der Waals surface area contributed by atoms with E-state index in [0.29, 0.717) is 0 Å². The van der Waals surface area contributed by atoms with Gasteiger partial charge in [0.15, 0.2) is 0 Å². The largest absolute Gasteiger partial charge is 0.360 e. The van der Waals surface area contributed by atoms with E-state index >= 15 is 0 Å². The van der Waals surface area contributed by atoms with E-state index in [4.69, 9.17) is 0 Å². The summed E-state index contributed by atoms with van der Waals surface area (Å²) in [5.41, 5.74) is 0. The number of anilines is 1. The SMILES string of the molecule is CCCCCCCCCN(C)c1ccccn1. The predicted molar refractivity (Wildman–Crippen MR) is 75.5 cm³/mol. The average molecular weight is 234 g/mol. The van der Waals surface area contributed by atoms with Crippen molar-refractivity contribution in [2.75, 3.05) is 18.5 Å². The molecule has 0 amide bonds. The van der Waals surface area contributed by atoms with Crippen LogP contribution in [-0.4, -0.2) is 18.6 Å². The summed E-state index contributed by atoms with van der Waals surface area (Å²) in [6, 6.07) is 6.08. The molecule has 0 aliphatic heterocycles. The van der Waals surface area contributed by atoms with Crippen LogP contribution in [0.1, 0.15) is 51.9 Å². The van der Waals surface area contributed by atoms with Gasteiger partial charge in [-0.2, -0.15) is 0 Å². The fourth-order valence-corrected chi connectivity index (χ4v) is 2.00. The Morgan fingerprint density at radius 1 is 1.00 bits per heavy atom. The highest BCUT2D eigenvalue weighted by Crippen LogP contribution is 2.10. The summed E-state index contributed by atoms with van der Waals surface area (Å²) < 4.78 is 0. The molecule has 0 radical (unpaired) electrons. The van der Waals surface area contributed by atoms with Gasteiger partial charge in [-0.1, -0.05) is 51.5 Å². The summed E-state index contributed by atoms with van der Waals surface area (Å²) in [5.74, 6) is 1.08. The van der Waals surface area contributed by atoms with Gasteiger partial charge < -0.3 is 4.90 Å². The quantitative estimate of drug-likeness (QED) is 0.593. The van der Waals surface area contributed by atoms with Crippen LogP contribution in [0.15, 0.2) is 24.4 Å². The molecular formula is C15H26N2. The lowest BCUT2D eigenvalue weighted by Gasteiger charge is -2.17. The third kappa shape index (κ3) is 6.30. The van der Waals surface area contributed by atoms with Crippen molar-refractivity contribution in [1.82, 2.24) is 4.98 Å². The molecular weight excluding hydrogens is 208 g/mol. The second-order valence-corrected chi connectivity index (χ2v) is 4.73. The molecule has 0 atom stereocenters. The zero-order valence-corrected chi connectivity index (χ0v) is 11.4. The molecule has 0 fully saturated rings. The Labute approximate surface area is 106 Å². The minimum Gasteiger partial charge on any atom is -0.360 e. The van der Waals surface area contributed by atoms with Gasteiger partial charge >= 0.3 is 0 Å². The maximum absolute atomic E-state index is 4.34. The molecule has 1 rings (SSSR count). The van der Waals surface area contributed by atoms with Crippen LogP contribution in [-0.2, 0) is 0 Å². The van der Waals surface area contributed by atoms with E-state index in [2.05, 4.69) is 29.9 Å². The van der Waals surface area contributed by atoms with Crippen LogP contribution in [0.5, 0.6) is 0 Å². The van der Waals surface area contributed by atoms with Gasteiger partial charge in [0.05, 0.1) is 0 Å². The Hall–Kier alpha value is -1.05. The lowest BCUT2D eigenvalue weighted by molar-refractivity contribution is 0.588. The van der Waals surface area contributed by atoms with Crippen molar-refractivity contribution < 1.29 is 0 Å². The highest BCUT2D eigenvalue weighted by atomic mass is 15.2. The molecule has 0 saturated carbocycles. The molecule has 0 saturated heterocycles. The van der Waals surface area contributed by atoms with Crippen molar-refractivity contribution in [2.45, 2.75) is 51.9 Å². The van der Waals surface area contributed by atoms with Crippen molar-refractivity contribution >= 4 is 5.82 Å². The van der Waals surface area contributed by atoms with Gasteiger partial charge in [-0.25, -0.2) is 4.98 Å². The van der Waals surface area contributed by atoms with Gasteiger partial charge in [0.25, 0.3) is 0 Å². The lowest BCUT2D eigenvalue weighted by atomic mass is 10.1. The zero-order chi connectivity index (χ0) is 12.3. The van der Waals surface area contributed by atoms with Gasteiger partial charge in [-0.15, -0.1) is 0 Å². The monoisotopic (exact) mass is 234 g/mol. The van der Waals surface area contributed by atoms with Crippen molar-refractivity contribution in [3.05, 3.63) is 24.4 Å². The topological polar surface area (TPSA) is 16.1 Å². The number of pyridine rings is 1. The van der Waals surface area contributed by atoms with Crippen LogP contribution in [0.4, 0.5) is 5.82 Å². The van der Waals surface area contributed by atoms with Crippen LogP contribution in [0.3, 0.4) is 0 Å². The van der Waals surface area contributed by atoms with Crippen LogP contribution < -0.4 is 4.90 Å². The second-order valence-electron chi connectivity index (χ2n) is 4.73. The van der Waals surface area contributed by atoms with Gasteiger partial charge in [0, 0.05) is 19.8 Å². The first kappa shape index (κ1) is 14.0. The Balaban J connectivity index is 2.03. The first-order valence-corrected chi connectivity index (χ1v) is 6.96. The van der Waals surface area contributed by atoms with Gasteiger partial charge in [0.1, 0.15) is 5.82 Å². The molecule has 2 heteroatoms. The molecule has 0 aliphatic rings. The third-order valence-corrected chi connectivity index (χ3v) is 3.14. The number of nitrogens with zero attached hydrogens (tertiary/aromatic N) is 2. The first-order valence-electron chi connectivity index (χ1n) is 6.96. The van der Waals surface area contributed by atoms with Gasteiger partial charge in [0.2, 0.25) is 0 Å². The number of unbranched alkanes of at least 4 members (excludes halogenated alkanes) is 6. The van der Waals surface area contributed by atoms with E-state index in [9.17, 15) is 0 Å². The third-order valence-electron chi connectivity index (χ3n) is 3.14. The molecule has 1 aromatic rings. The van der Waals surface area contributed by atoms with E-state index in [1.54, 1.807) is 0 Å². The van der Waals surface area contributed by atoms with E-state index in [1.165, 1.54) is 44.9 Å². The number of aromatic nitrogens is 1.